The topological polar surface area (TPSA) is 93.6 Å². The highest BCUT2D eigenvalue weighted by Crippen LogP contribution is 2.56. The number of benzene rings is 3. The number of halogens is 1. The third kappa shape index (κ3) is 4.31. The number of hydrogen-bond acceptors (Lipinski definition) is 6. The largest absolute Gasteiger partial charge is 0.451 e. The molecule has 5 atom stereocenters. The number of para-hydroxylation sites is 1. The lowest BCUT2D eigenvalue weighted by Crippen LogP contribution is -2.32. The number of anilines is 1. The number of Topliss-reactive ketones (excluding diaryl/α,β-unsaturated/α-hetero) is 1. The average Bonchev–Trinajstić information content (AvgIpc) is 3.69. The van der Waals surface area contributed by atoms with E-state index in [1.807, 2.05) is 12.1 Å². The van der Waals surface area contributed by atoms with Crippen molar-refractivity contribution in [3.8, 4) is 11.3 Å². The zero-order chi connectivity index (χ0) is 29.1. The summed E-state index contributed by atoms with van der Waals surface area (Å²) in [6.45, 7) is 1.53. The second-order valence-corrected chi connectivity index (χ2v) is 11.9. The standard InChI is InChI=1S/C34H27ClN2O5/c1-18(31(38)22-7-4-8-23(35)15-22)42-34(41)26-17-28(36-27-11-3-2-10-25(26)27)19-6-5-9-24(16-19)37-32(39)29-20-12-13-21(14-20)30(29)33(37)40/h2-11,15-18,20-21,29-30H,12-14H2,1H3/t18-,20-,21-,29+,30+/m0/s1. The summed E-state index contributed by atoms with van der Waals surface area (Å²) in [6.07, 6.45) is 1.96. The van der Waals surface area contributed by atoms with Gasteiger partial charge in [-0.15, -0.1) is 0 Å². The molecule has 7 rings (SSSR count). The summed E-state index contributed by atoms with van der Waals surface area (Å²) in [5.74, 6) is -1.07. The molecule has 3 aliphatic rings. The Balaban J connectivity index is 1.21. The van der Waals surface area contributed by atoms with Crippen LogP contribution in [0.25, 0.3) is 22.2 Å². The molecular weight excluding hydrogens is 552 g/mol. The van der Waals surface area contributed by atoms with Gasteiger partial charge in [-0.05, 0) is 74.4 Å². The first-order chi connectivity index (χ1) is 20.3. The van der Waals surface area contributed by atoms with Gasteiger partial charge in [-0.1, -0.05) is 54.1 Å². The zero-order valence-electron chi connectivity index (χ0n) is 22.8. The van der Waals surface area contributed by atoms with Gasteiger partial charge < -0.3 is 4.74 Å². The molecule has 1 saturated heterocycles. The third-order valence-corrected chi connectivity index (χ3v) is 9.26. The molecule has 2 amide bonds. The van der Waals surface area contributed by atoms with Crippen molar-refractivity contribution < 1.29 is 23.9 Å². The van der Waals surface area contributed by atoms with Crippen molar-refractivity contribution in [3.63, 3.8) is 0 Å². The lowest BCUT2D eigenvalue weighted by Gasteiger charge is -2.19. The van der Waals surface area contributed by atoms with E-state index in [0.717, 1.165) is 19.3 Å². The number of esters is 1. The molecule has 3 fully saturated rings. The summed E-state index contributed by atoms with van der Waals surface area (Å²) in [6, 6.07) is 22.5. The van der Waals surface area contributed by atoms with E-state index < -0.39 is 12.1 Å². The summed E-state index contributed by atoms with van der Waals surface area (Å²) in [5.41, 5.74) is 2.82. The van der Waals surface area contributed by atoms with Gasteiger partial charge in [-0.3, -0.25) is 19.3 Å². The number of imide groups is 1. The molecule has 2 saturated carbocycles. The van der Waals surface area contributed by atoms with E-state index in [4.69, 9.17) is 21.3 Å². The summed E-state index contributed by atoms with van der Waals surface area (Å²) in [7, 11) is 0. The van der Waals surface area contributed by atoms with E-state index in [2.05, 4.69) is 0 Å². The Morgan fingerprint density at radius 2 is 1.62 bits per heavy atom. The van der Waals surface area contributed by atoms with E-state index in [9.17, 15) is 19.2 Å². The smallest absolute Gasteiger partial charge is 0.339 e. The molecule has 7 nitrogen and oxygen atoms in total. The Hall–Kier alpha value is -4.36. The fraction of sp³-hybridized carbons (Fsp3) is 0.265. The number of fused-ring (bicyclic) bond motifs is 6. The Labute approximate surface area is 247 Å². The number of amides is 2. The zero-order valence-corrected chi connectivity index (χ0v) is 23.6. The van der Waals surface area contributed by atoms with E-state index in [0.29, 0.717) is 50.3 Å². The number of nitrogens with zero attached hydrogens (tertiary/aromatic N) is 2. The average molecular weight is 579 g/mol. The number of pyridine rings is 1. The fourth-order valence-corrected chi connectivity index (χ4v) is 7.30. The number of ketones is 1. The molecule has 0 N–H and O–H groups in total. The second-order valence-electron chi connectivity index (χ2n) is 11.4. The predicted octanol–water partition coefficient (Wildman–Crippen LogP) is 6.52. The van der Waals surface area contributed by atoms with Gasteiger partial charge in [-0.25, -0.2) is 9.78 Å². The van der Waals surface area contributed by atoms with Crippen LogP contribution in [0.5, 0.6) is 0 Å². The molecule has 8 heteroatoms. The molecule has 42 heavy (non-hydrogen) atoms. The molecule has 0 radical (unpaired) electrons. The quantitative estimate of drug-likeness (QED) is 0.147. The van der Waals surface area contributed by atoms with Crippen LogP contribution in [0, 0.1) is 23.7 Å². The third-order valence-electron chi connectivity index (χ3n) is 9.03. The first-order valence-electron chi connectivity index (χ1n) is 14.2. The minimum absolute atomic E-state index is 0.108. The molecule has 0 spiro atoms. The lowest BCUT2D eigenvalue weighted by atomic mass is 9.81. The van der Waals surface area contributed by atoms with Crippen LogP contribution in [0.4, 0.5) is 5.69 Å². The van der Waals surface area contributed by atoms with Crippen molar-refractivity contribution in [2.75, 3.05) is 4.90 Å². The minimum atomic E-state index is -1.04. The molecule has 4 aromatic rings. The minimum Gasteiger partial charge on any atom is -0.451 e. The second kappa shape index (κ2) is 10.2. The highest BCUT2D eigenvalue weighted by atomic mass is 35.5. The van der Waals surface area contributed by atoms with Crippen molar-refractivity contribution >= 4 is 51.8 Å². The van der Waals surface area contributed by atoms with Crippen LogP contribution < -0.4 is 4.90 Å². The van der Waals surface area contributed by atoms with Gasteiger partial charge in [0.25, 0.3) is 0 Å². The number of aromatic nitrogens is 1. The van der Waals surface area contributed by atoms with Crippen molar-refractivity contribution in [1.29, 1.82) is 0 Å². The van der Waals surface area contributed by atoms with E-state index in [1.165, 1.54) is 17.9 Å². The van der Waals surface area contributed by atoms with Gasteiger partial charge in [0, 0.05) is 21.5 Å². The Morgan fingerprint density at radius 3 is 2.36 bits per heavy atom. The van der Waals surface area contributed by atoms with Crippen LogP contribution in [0.2, 0.25) is 5.02 Å². The van der Waals surface area contributed by atoms with Gasteiger partial charge in [0.2, 0.25) is 17.6 Å². The maximum absolute atomic E-state index is 13.5. The first kappa shape index (κ1) is 26.5. The molecule has 2 bridgehead atoms. The van der Waals surface area contributed by atoms with Crippen LogP contribution in [-0.4, -0.2) is 34.7 Å². The first-order valence-corrected chi connectivity index (χ1v) is 14.6. The number of carbonyl (C=O) groups is 4. The summed E-state index contributed by atoms with van der Waals surface area (Å²) in [5, 5.41) is 0.997. The molecule has 2 heterocycles. The van der Waals surface area contributed by atoms with Crippen LogP contribution in [0.1, 0.15) is 46.9 Å². The molecule has 0 unspecified atom stereocenters. The van der Waals surface area contributed by atoms with Crippen molar-refractivity contribution in [3.05, 3.63) is 95.0 Å². The molecular formula is C34H27ClN2O5. The Kier molecular flexibility index (Phi) is 6.43. The molecule has 1 aliphatic heterocycles. The predicted molar refractivity (Wildman–Crippen MR) is 158 cm³/mol. The van der Waals surface area contributed by atoms with Crippen molar-refractivity contribution in [1.82, 2.24) is 4.98 Å². The van der Waals surface area contributed by atoms with Gasteiger partial charge in [0.15, 0.2) is 6.10 Å². The number of carbonyl (C=O) groups excluding carboxylic acids is 4. The fourth-order valence-electron chi connectivity index (χ4n) is 7.11. The SMILES string of the molecule is C[C@H](OC(=O)c1cc(-c2cccc(N3C(=O)[C@@H]4[C@H]5CC[C@@H](C5)[C@H]4C3=O)c2)nc2ccccc12)C(=O)c1cccc(Cl)c1. The van der Waals surface area contributed by atoms with Gasteiger partial charge in [0.05, 0.1) is 34.3 Å². The number of rotatable bonds is 6. The normalized spacial score (nSPS) is 23.3. The van der Waals surface area contributed by atoms with Crippen LogP contribution in [-0.2, 0) is 14.3 Å². The molecule has 1 aromatic heterocycles. The van der Waals surface area contributed by atoms with Crippen molar-refractivity contribution in [2.45, 2.75) is 32.3 Å². The Morgan fingerprint density at radius 1 is 0.905 bits per heavy atom. The summed E-state index contributed by atoms with van der Waals surface area (Å²) >= 11 is 6.04. The molecule has 3 aromatic carbocycles. The van der Waals surface area contributed by atoms with Crippen LogP contribution >= 0.6 is 11.6 Å². The van der Waals surface area contributed by atoms with E-state index in [1.54, 1.807) is 60.7 Å². The summed E-state index contributed by atoms with van der Waals surface area (Å²) < 4.78 is 5.64. The van der Waals surface area contributed by atoms with E-state index in [-0.39, 0.29) is 35.0 Å². The summed E-state index contributed by atoms with van der Waals surface area (Å²) in [4.78, 5) is 59.4. The monoisotopic (exact) mass is 578 g/mol. The van der Waals surface area contributed by atoms with Crippen LogP contribution in [0.3, 0.4) is 0 Å². The number of hydrogen-bond donors (Lipinski definition) is 0. The van der Waals surface area contributed by atoms with Crippen molar-refractivity contribution in [2.24, 2.45) is 23.7 Å². The maximum Gasteiger partial charge on any atom is 0.339 e. The van der Waals surface area contributed by atoms with Gasteiger partial charge >= 0.3 is 5.97 Å². The van der Waals surface area contributed by atoms with Gasteiger partial charge in [-0.2, -0.15) is 0 Å². The lowest BCUT2D eigenvalue weighted by molar-refractivity contribution is -0.123. The van der Waals surface area contributed by atoms with Gasteiger partial charge in [0.1, 0.15) is 0 Å². The Bertz CT molecular complexity index is 1770. The highest BCUT2D eigenvalue weighted by Gasteiger charge is 2.61. The molecule has 210 valence electrons. The van der Waals surface area contributed by atoms with Crippen LogP contribution in [0.15, 0.2) is 78.9 Å². The maximum atomic E-state index is 13.5. The highest BCUT2D eigenvalue weighted by molar-refractivity contribution is 6.31. The number of ether oxygens (including phenoxy) is 1. The molecule has 2 aliphatic carbocycles. The van der Waals surface area contributed by atoms with E-state index >= 15 is 0 Å².